The molecule has 0 bridgehead atoms. The number of carbonyl (C=O) groups is 1. The third-order valence-corrected chi connectivity index (χ3v) is 5.49. The minimum absolute atomic E-state index is 0.0510. The van der Waals surface area contributed by atoms with Crippen molar-refractivity contribution in [1.29, 1.82) is 0 Å². The average Bonchev–Trinajstić information content (AvgIpc) is 3.36. The highest BCUT2D eigenvalue weighted by molar-refractivity contribution is 5.77. The summed E-state index contributed by atoms with van der Waals surface area (Å²) >= 11 is 0. The van der Waals surface area contributed by atoms with Crippen LogP contribution in [0.3, 0.4) is 0 Å². The molecule has 2 heterocycles. The normalized spacial score (nSPS) is 16.3. The maximum Gasteiger partial charge on any atom is 0.220 e. The number of aromatic nitrogens is 2. The quantitative estimate of drug-likeness (QED) is 0.565. The second-order valence-corrected chi connectivity index (χ2v) is 7.33. The fraction of sp³-hybridized carbons (Fsp3) is 0.391. The molecule has 6 heteroatoms. The van der Waals surface area contributed by atoms with Gasteiger partial charge in [0.05, 0.1) is 30.8 Å². The average molecular weight is 393 g/mol. The molecule has 1 aliphatic rings. The second-order valence-electron chi connectivity index (χ2n) is 7.33. The van der Waals surface area contributed by atoms with Crippen LogP contribution in [0.1, 0.15) is 38.1 Å². The third kappa shape index (κ3) is 3.92. The molecule has 0 N–H and O–H groups in total. The predicted molar refractivity (Wildman–Crippen MR) is 112 cm³/mol. The summed E-state index contributed by atoms with van der Waals surface area (Å²) in [6.07, 6.45) is 2.81. The summed E-state index contributed by atoms with van der Waals surface area (Å²) in [4.78, 5) is 18.9. The van der Waals surface area contributed by atoms with Gasteiger partial charge in [-0.05, 0) is 43.5 Å². The number of benzene rings is 2. The number of carbonyl (C=O) groups excluding carboxylic acids is 1. The first-order valence-corrected chi connectivity index (χ1v) is 10.2. The molecule has 1 fully saturated rings. The van der Waals surface area contributed by atoms with E-state index in [0.29, 0.717) is 6.61 Å². The maximum atomic E-state index is 12.1. The van der Waals surface area contributed by atoms with Crippen molar-refractivity contribution in [1.82, 2.24) is 14.5 Å². The van der Waals surface area contributed by atoms with Crippen LogP contribution in [-0.4, -0.2) is 40.6 Å². The van der Waals surface area contributed by atoms with Crippen molar-refractivity contribution < 1.29 is 14.3 Å². The van der Waals surface area contributed by atoms with Gasteiger partial charge in [-0.2, -0.15) is 0 Å². The molecular weight excluding hydrogens is 366 g/mol. The molecule has 4 rings (SSSR count). The molecule has 1 saturated heterocycles. The minimum atomic E-state index is 0.0510. The van der Waals surface area contributed by atoms with Crippen molar-refractivity contribution in [2.75, 3.05) is 20.3 Å². The van der Waals surface area contributed by atoms with Crippen LogP contribution < -0.4 is 9.47 Å². The van der Waals surface area contributed by atoms with Crippen molar-refractivity contribution in [3.63, 3.8) is 0 Å². The van der Waals surface area contributed by atoms with Crippen molar-refractivity contribution in [3.05, 3.63) is 54.4 Å². The van der Waals surface area contributed by atoms with Crippen molar-refractivity contribution in [2.45, 2.75) is 38.8 Å². The molecular formula is C23H27N3O3. The maximum absolute atomic E-state index is 12.1. The number of likely N-dealkylation sites (tertiary alicyclic amines) is 1. The van der Waals surface area contributed by atoms with E-state index in [1.165, 1.54) is 0 Å². The van der Waals surface area contributed by atoms with E-state index in [9.17, 15) is 4.79 Å². The van der Waals surface area contributed by atoms with Gasteiger partial charge >= 0.3 is 0 Å². The zero-order valence-electron chi connectivity index (χ0n) is 17.0. The van der Waals surface area contributed by atoms with Crippen molar-refractivity contribution in [2.24, 2.45) is 0 Å². The molecule has 0 radical (unpaired) electrons. The van der Waals surface area contributed by atoms with Crippen LogP contribution in [0.4, 0.5) is 0 Å². The first-order chi connectivity index (χ1) is 14.2. The summed E-state index contributed by atoms with van der Waals surface area (Å²) in [5.74, 6) is 2.59. The van der Waals surface area contributed by atoms with Crippen molar-refractivity contribution in [3.8, 4) is 11.5 Å². The molecule has 29 heavy (non-hydrogen) atoms. The summed E-state index contributed by atoms with van der Waals surface area (Å²) in [7, 11) is 1.65. The van der Waals surface area contributed by atoms with Gasteiger partial charge in [0.25, 0.3) is 0 Å². The monoisotopic (exact) mass is 393 g/mol. The Morgan fingerprint density at radius 1 is 1.14 bits per heavy atom. The van der Waals surface area contributed by atoms with E-state index in [1.54, 1.807) is 14.0 Å². The van der Waals surface area contributed by atoms with Crippen molar-refractivity contribution >= 4 is 16.9 Å². The number of ether oxygens (including phenoxy) is 2. The molecule has 3 aromatic rings. The van der Waals surface area contributed by atoms with Crippen LogP contribution in [0.25, 0.3) is 11.0 Å². The molecule has 152 valence electrons. The van der Waals surface area contributed by atoms with E-state index in [0.717, 1.165) is 60.7 Å². The Morgan fingerprint density at radius 2 is 1.90 bits per heavy atom. The lowest BCUT2D eigenvalue weighted by molar-refractivity contribution is -0.129. The number of hydrogen-bond acceptors (Lipinski definition) is 4. The predicted octanol–water partition coefficient (Wildman–Crippen LogP) is 4.20. The summed E-state index contributed by atoms with van der Waals surface area (Å²) in [5, 5.41) is 0. The largest absolute Gasteiger partial charge is 0.493 e. The van der Waals surface area contributed by atoms with Crippen LogP contribution in [-0.2, 0) is 11.3 Å². The highest BCUT2D eigenvalue weighted by atomic mass is 16.5. The summed E-state index contributed by atoms with van der Waals surface area (Å²) < 4.78 is 13.5. The fourth-order valence-corrected chi connectivity index (χ4v) is 4.14. The number of rotatable bonds is 7. The molecule has 0 aliphatic carbocycles. The molecule has 6 nitrogen and oxygen atoms in total. The Balaban J connectivity index is 1.52. The van der Waals surface area contributed by atoms with E-state index < -0.39 is 0 Å². The molecule has 1 aromatic heterocycles. The Labute approximate surface area is 171 Å². The number of fused-ring (bicyclic) bond motifs is 1. The lowest BCUT2D eigenvalue weighted by Gasteiger charge is -2.24. The molecule has 1 aliphatic heterocycles. The van der Waals surface area contributed by atoms with Gasteiger partial charge in [-0.3, -0.25) is 4.79 Å². The summed E-state index contributed by atoms with van der Waals surface area (Å²) in [5.41, 5.74) is 2.08. The molecule has 0 saturated carbocycles. The van der Waals surface area contributed by atoms with Crippen LogP contribution in [0, 0.1) is 0 Å². The van der Waals surface area contributed by atoms with Gasteiger partial charge in [0, 0.05) is 20.0 Å². The van der Waals surface area contributed by atoms with Gasteiger partial charge in [0.2, 0.25) is 5.91 Å². The standard InChI is InChI=1S/C23H27N3O3/c1-17(27)25-14-7-11-20(25)23-24-18-9-3-4-10-19(18)26(23)15-8-16-29-22-13-6-5-12-21(22)28-2/h3-6,9-10,12-13,20H,7-8,11,14-16H2,1-2H3/t20-/m0/s1. The summed E-state index contributed by atoms with van der Waals surface area (Å²) in [6.45, 7) is 3.81. The van der Waals surface area contributed by atoms with E-state index in [2.05, 4.69) is 10.6 Å². The first kappa shape index (κ1) is 19.3. The number of hydrogen-bond donors (Lipinski definition) is 0. The smallest absolute Gasteiger partial charge is 0.220 e. The number of amides is 1. The van der Waals surface area contributed by atoms with E-state index in [4.69, 9.17) is 14.5 Å². The Morgan fingerprint density at radius 3 is 2.69 bits per heavy atom. The lowest BCUT2D eigenvalue weighted by Crippen LogP contribution is -2.30. The Kier molecular flexibility index (Phi) is 5.69. The van der Waals surface area contributed by atoms with Gasteiger partial charge in [0.15, 0.2) is 11.5 Å². The lowest BCUT2D eigenvalue weighted by atomic mass is 10.2. The molecule has 1 amide bonds. The Hall–Kier alpha value is -3.02. The number of methoxy groups -OCH3 is 1. The minimum Gasteiger partial charge on any atom is -0.493 e. The number of aryl methyl sites for hydroxylation is 1. The van der Waals surface area contributed by atoms with Gasteiger partial charge < -0.3 is 18.9 Å². The van der Waals surface area contributed by atoms with E-state index in [1.807, 2.05) is 47.4 Å². The third-order valence-electron chi connectivity index (χ3n) is 5.49. The fourth-order valence-electron chi connectivity index (χ4n) is 4.14. The number of para-hydroxylation sites is 4. The highest BCUT2D eigenvalue weighted by Gasteiger charge is 2.32. The van der Waals surface area contributed by atoms with Gasteiger partial charge in [-0.15, -0.1) is 0 Å². The van der Waals surface area contributed by atoms with Gasteiger partial charge in [0.1, 0.15) is 5.82 Å². The zero-order chi connectivity index (χ0) is 20.2. The molecule has 0 spiro atoms. The number of imidazole rings is 1. The second kappa shape index (κ2) is 8.55. The van der Waals surface area contributed by atoms with Gasteiger partial charge in [-0.1, -0.05) is 24.3 Å². The molecule has 1 atom stereocenters. The molecule has 2 aromatic carbocycles. The van der Waals surface area contributed by atoms with Gasteiger partial charge in [-0.25, -0.2) is 4.98 Å². The number of nitrogens with zero attached hydrogens (tertiary/aromatic N) is 3. The Bertz CT molecular complexity index is 998. The summed E-state index contributed by atoms with van der Waals surface area (Å²) in [6, 6.07) is 15.9. The first-order valence-electron chi connectivity index (χ1n) is 10.2. The van der Waals surface area contributed by atoms with Crippen LogP contribution in [0.5, 0.6) is 11.5 Å². The zero-order valence-corrected chi connectivity index (χ0v) is 17.0. The van der Waals surface area contributed by atoms with E-state index in [-0.39, 0.29) is 11.9 Å². The highest BCUT2D eigenvalue weighted by Crippen LogP contribution is 2.33. The SMILES string of the molecule is COc1ccccc1OCCCn1c([C@@H]2CCCN2C(C)=O)nc2ccccc21. The van der Waals surface area contributed by atoms with E-state index >= 15 is 0 Å². The topological polar surface area (TPSA) is 56.6 Å². The van der Waals surface area contributed by atoms with Crippen LogP contribution in [0.15, 0.2) is 48.5 Å². The van der Waals surface area contributed by atoms with Crippen LogP contribution in [0.2, 0.25) is 0 Å². The van der Waals surface area contributed by atoms with Crippen LogP contribution >= 0.6 is 0 Å². The molecule has 0 unspecified atom stereocenters.